The van der Waals surface area contributed by atoms with E-state index in [0.717, 1.165) is 30.0 Å². The first-order valence-electron chi connectivity index (χ1n) is 5.19. The summed E-state index contributed by atoms with van der Waals surface area (Å²) in [4.78, 5) is 6.62. The van der Waals surface area contributed by atoms with Crippen LogP contribution in [0.1, 0.15) is 12.5 Å². The van der Waals surface area contributed by atoms with E-state index in [1.54, 1.807) is 0 Å². The lowest BCUT2D eigenvalue weighted by Gasteiger charge is -2.39. The van der Waals surface area contributed by atoms with E-state index in [1.807, 2.05) is 13.1 Å². The standard InChI is InChI=1S/C11H15BrN2O/c1-3-15-9-6-14(7-9)11-4-8(2)10(12)5-13-11/h4-5,9H,3,6-7H2,1-2H3. The first kappa shape index (κ1) is 10.9. The second-order valence-corrected chi connectivity index (χ2v) is 4.63. The van der Waals surface area contributed by atoms with Crippen molar-refractivity contribution in [1.82, 2.24) is 4.98 Å². The van der Waals surface area contributed by atoms with Crippen molar-refractivity contribution in [2.75, 3.05) is 24.6 Å². The van der Waals surface area contributed by atoms with Gasteiger partial charge in [-0.15, -0.1) is 0 Å². The minimum absolute atomic E-state index is 0.390. The lowest BCUT2D eigenvalue weighted by Crippen LogP contribution is -2.52. The first-order chi connectivity index (χ1) is 7.20. The molecule has 3 nitrogen and oxygen atoms in total. The number of aromatic nitrogens is 1. The lowest BCUT2D eigenvalue weighted by atomic mass is 10.1. The van der Waals surface area contributed by atoms with Crippen LogP contribution in [-0.4, -0.2) is 30.8 Å². The fourth-order valence-corrected chi connectivity index (χ4v) is 1.88. The highest BCUT2D eigenvalue weighted by molar-refractivity contribution is 9.10. The zero-order valence-electron chi connectivity index (χ0n) is 9.03. The van der Waals surface area contributed by atoms with E-state index in [2.05, 4.69) is 38.8 Å². The molecule has 1 aliphatic rings. The SMILES string of the molecule is CCOC1CN(c2cc(C)c(Br)cn2)C1. The Morgan fingerprint density at radius 3 is 2.93 bits per heavy atom. The van der Waals surface area contributed by atoms with Crippen LogP contribution in [-0.2, 0) is 4.74 Å². The Morgan fingerprint density at radius 2 is 2.33 bits per heavy atom. The lowest BCUT2D eigenvalue weighted by molar-refractivity contribution is 0.0427. The topological polar surface area (TPSA) is 25.4 Å². The van der Waals surface area contributed by atoms with Gasteiger partial charge in [0.2, 0.25) is 0 Å². The molecule has 0 atom stereocenters. The maximum atomic E-state index is 5.50. The predicted molar refractivity (Wildman–Crippen MR) is 64.3 cm³/mol. The molecule has 0 radical (unpaired) electrons. The summed E-state index contributed by atoms with van der Waals surface area (Å²) in [7, 11) is 0. The smallest absolute Gasteiger partial charge is 0.128 e. The summed E-state index contributed by atoms with van der Waals surface area (Å²) in [6, 6.07) is 2.10. The van der Waals surface area contributed by atoms with E-state index < -0.39 is 0 Å². The average Bonchev–Trinajstić information content (AvgIpc) is 2.16. The Hall–Kier alpha value is -0.610. The van der Waals surface area contributed by atoms with Crippen molar-refractivity contribution < 1.29 is 4.74 Å². The monoisotopic (exact) mass is 270 g/mol. The molecule has 4 heteroatoms. The van der Waals surface area contributed by atoms with Crippen molar-refractivity contribution in [2.24, 2.45) is 0 Å². The molecule has 1 aromatic heterocycles. The Labute approximate surface area is 98.6 Å². The molecular weight excluding hydrogens is 256 g/mol. The molecule has 15 heavy (non-hydrogen) atoms. The third-order valence-corrected chi connectivity index (χ3v) is 3.44. The predicted octanol–water partition coefficient (Wildman–Crippen LogP) is 2.38. The van der Waals surface area contributed by atoms with Gasteiger partial charge in [0.1, 0.15) is 5.82 Å². The molecule has 0 aromatic carbocycles. The fourth-order valence-electron chi connectivity index (χ4n) is 1.66. The molecule has 0 aliphatic carbocycles. The minimum atomic E-state index is 0.390. The van der Waals surface area contributed by atoms with E-state index in [9.17, 15) is 0 Å². The van der Waals surface area contributed by atoms with Gasteiger partial charge >= 0.3 is 0 Å². The van der Waals surface area contributed by atoms with E-state index in [4.69, 9.17) is 4.74 Å². The number of pyridine rings is 1. The fraction of sp³-hybridized carbons (Fsp3) is 0.545. The highest BCUT2D eigenvalue weighted by Gasteiger charge is 2.27. The number of hydrogen-bond donors (Lipinski definition) is 0. The molecule has 0 N–H and O–H groups in total. The first-order valence-corrected chi connectivity index (χ1v) is 5.98. The number of nitrogens with zero attached hydrogens (tertiary/aromatic N) is 2. The van der Waals surface area contributed by atoms with Crippen LogP contribution < -0.4 is 4.90 Å². The largest absolute Gasteiger partial charge is 0.375 e. The number of hydrogen-bond acceptors (Lipinski definition) is 3. The molecule has 1 aliphatic heterocycles. The van der Waals surface area contributed by atoms with Crippen molar-refractivity contribution in [3.05, 3.63) is 22.3 Å². The van der Waals surface area contributed by atoms with Gasteiger partial charge in [-0.25, -0.2) is 4.98 Å². The van der Waals surface area contributed by atoms with Gasteiger partial charge in [-0.05, 0) is 41.4 Å². The van der Waals surface area contributed by atoms with Crippen LogP contribution in [0.25, 0.3) is 0 Å². The molecule has 0 spiro atoms. The van der Waals surface area contributed by atoms with E-state index in [-0.39, 0.29) is 0 Å². The number of aryl methyl sites for hydroxylation is 1. The third-order valence-electron chi connectivity index (χ3n) is 2.61. The molecule has 1 saturated heterocycles. The molecule has 0 bridgehead atoms. The van der Waals surface area contributed by atoms with Crippen molar-refractivity contribution in [3.8, 4) is 0 Å². The van der Waals surface area contributed by atoms with Crippen molar-refractivity contribution in [3.63, 3.8) is 0 Å². The number of ether oxygens (including phenoxy) is 1. The van der Waals surface area contributed by atoms with Crippen molar-refractivity contribution in [1.29, 1.82) is 0 Å². The molecule has 1 fully saturated rings. The summed E-state index contributed by atoms with van der Waals surface area (Å²) in [6.07, 6.45) is 2.25. The highest BCUT2D eigenvalue weighted by atomic mass is 79.9. The Balaban J connectivity index is 1.98. The van der Waals surface area contributed by atoms with Gasteiger partial charge in [0.15, 0.2) is 0 Å². The maximum Gasteiger partial charge on any atom is 0.128 e. The molecule has 0 amide bonds. The summed E-state index contributed by atoms with van der Waals surface area (Å²) in [6.45, 7) is 6.83. The second kappa shape index (κ2) is 4.49. The molecule has 2 heterocycles. The van der Waals surface area contributed by atoms with Gasteiger partial charge in [-0.1, -0.05) is 0 Å². The quantitative estimate of drug-likeness (QED) is 0.844. The van der Waals surface area contributed by atoms with Crippen LogP contribution in [0, 0.1) is 6.92 Å². The Bertz CT molecular complexity index is 350. The summed E-state index contributed by atoms with van der Waals surface area (Å²) in [5, 5.41) is 0. The second-order valence-electron chi connectivity index (χ2n) is 3.77. The molecule has 2 rings (SSSR count). The van der Waals surface area contributed by atoms with E-state index >= 15 is 0 Å². The number of halogens is 1. The Morgan fingerprint density at radius 1 is 1.60 bits per heavy atom. The molecular formula is C11H15BrN2O. The van der Waals surface area contributed by atoms with Crippen LogP contribution in [0.5, 0.6) is 0 Å². The van der Waals surface area contributed by atoms with E-state index in [1.165, 1.54) is 5.56 Å². The van der Waals surface area contributed by atoms with E-state index in [0.29, 0.717) is 6.10 Å². The zero-order valence-corrected chi connectivity index (χ0v) is 10.6. The normalized spacial score (nSPS) is 16.6. The van der Waals surface area contributed by atoms with Crippen LogP contribution in [0.3, 0.4) is 0 Å². The van der Waals surface area contributed by atoms with Crippen LogP contribution >= 0.6 is 15.9 Å². The minimum Gasteiger partial charge on any atom is -0.375 e. The van der Waals surface area contributed by atoms with Crippen molar-refractivity contribution in [2.45, 2.75) is 20.0 Å². The Kier molecular flexibility index (Phi) is 3.26. The maximum absolute atomic E-state index is 5.50. The van der Waals surface area contributed by atoms with Crippen LogP contribution in [0.2, 0.25) is 0 Å². The highest BCUT2D eigenvalue weighted by Crippen LogP contribution is 2.24. The van der Waals surface area contributed by atoms with Gasteiger partial charge in [0.25, 0.3) is 0 Å². The molecule has 0 saturated carbocycles. The number of anilines is 1. The van der Waals surface area contributed by atoms with Gasteiger partial charge in [0, 0.05) is 30.4 Å². The summed E-state index contributed by atoms with van der Waals surface area (Å²) in [5.41, 5.74) is 1.22. The van der Waals surface area contributed by atoms with Crippen molar-refractivity contribution >= 4 is 21.7 Å². The zero-order chi connectivity index (χ0) is 10.8. The molecule has 1 aromatic rings. The van der Waals surface area contributed by atoms with Crippen LogP contribution in [0.4, 0.5) is 5.82 Å². The van der Waals surface area contributed by atoms with Gasteiger partial charge in [0.05, 0.1) is 6.10 Å². The summed E-state index contributed by atoms with van der Waals surface area (Å²) in [5.74, 6) is 1.05. The molecule has 82 valence electrons. The van der Waals surface area contributed by atoms with Gasteiger partial charge < -0.3 is 9.64 Å². The van der Waals surface area contributed by atoms with Gasteiger partial charge in [-0.2, -0.15) is 0 Å². The third kappa shape index (κ3) is 2.32. The van der Waals surface area contributed by atoms with Crippen LogP contribution in [0.15, 0.2) is 16.7 Å². The summed E-state index contributed by atoms with van der Waals surface area (Å²) < 4.78 is 6.57. The summed E-state index contributed by atoms with van der Waals surface area (Å²) >= 11 is 3.45. The molecule has 0 unspecified atom stereocenters. The average molecular weight is 271 g/mol. The van der Waals surface area contributed by atoms with Gasteiger partial charge in [-0.3, -0.25) is 0 Å². The number of rotatable bonds is 3.